The molecule has 1 aromatic rings. The summed E-state index contributed by atoms with van der Waals surface area (Å²) >= 11 is 3.53. The maximum absolute atomic E-state index is 12.3. The molecule has 1 aliphatic rings. The molecule has 1 aliphatic heterocycles. The van der Waals surface area contributed by atoms with Gasteiger partial charge in [-0.3, -0.25) is 9.69 Å². The van der Waals surface area contributed by atoms with Crippen LogP contribution in [0, 0.1) is 0 Å². The van der Waals surface area contributed by atoms with E-state index in [1.54, 1.807) is 4.90 Å². The highest BCUT2D eigenvalue weighted by Gasteiger charge is 2.25. The molecule has 0 aromatic heterocycles. The Morgan fingerprint density at radius 1 is 1.40 bits per heavy atom. The van der Waals surface area contributed by atoms with Crippen molar-refractivity contribution in [1.29, 1.82) is 0 Å². The van der Waals surface area contributed by atoms with Crippen molar-refractivity contribution in [3.63, 3.8) is 0 Å². The van der Waals surface area contributed by atoms with Gasteiger partial charge in [-0.1, -0.05) is 41.1 Å². The normalized spacial score (nSPS) is 15.2. The van der Waals surface area contributed by atoms with Gasteiger partial charge in [0.2, 0.25) is 5.91 Å². The highest BCUT2D eigenvalue weighted by Crippen LogP contribution is 2.17. The van der Waals surface area contributed by atoms with Crippen molar-refractivity contribution in [3.05, 3.63) is 34.3 Å². The molecule has 0 aliphatic carbocycles. The van der Waals surface area contributed by atoms with E-state index in [0.717, 1.165) is 29.7 Å². The van der Waals surface area contributed by atoms with Gasteiger partial charge in [0, 0.05) is 37.2 Å². The molecule has 0 bridgehead atoms. The molecule has 1 saturated heterocycles. The van der Waals surface area contributed by atoms with Crippen LogP contribution in [0.1, 0.15) is 12.5 Å². The zero-order valence-electron chi connectivity index (χ0n) is 12.1. The van der Waals surface area contributed by atoms with Crippen LogP contribution in [0.25, 0.3) is 0 Å². The second-order valence-electron chi connectivity index (χ2n) is 5.22. The lowest BCUT2D eigenvalue weighted by Gasteiger charge is -2.37. The number of likely N-dealkylation sites (N-methyl/N-ethyl adjacent to an activating group) is 2. The largest absolute Gasteiger partial charge is 0.340 e. The van der Waals surface area contributed by atoms with E-state index in [1.165, 1.54) is 0 Å². The lowest BCUT2D eigenvalue weighted by Crippen LogP contribution is -2.58. The van der Waals surface area contributed by atoms with Crippen molar-refractivity contribution < 1.29 is 4.79 Å². The highest BCUT2D eigenvalue weighted by atomic mass is 79.9. The van der Waals surface area contributed by atoms with Crippen molar-refractivity contribution in [2.45, 2.75) is 19.5 Å². The molecule has 0 radical (unpaired) electrons. The van der Waals surface area contributed by atoms with Gasteiger partial charge in [0.15, 0.2) is 0 Å². The van der Waals surface area contributed by atoms with E-state index in [-0.39, 0.29) is 5.91 Å². The van der Waals surface area contributed by atoms with E-state index in [0.29, 0.717) is 19.1 Å². The molecule has 1 aromatic carbocycles. The van der Waals surface area contributed by atoms with Gasteiger partial charge in [-0.15, -0.1) is 0 Å². The van der Waals surface area contributed by atoms with Gasteiger partial charge in [0.1, 0.15) is 0 Å². The Morgan fingerprint density at radius 3 is 2.65 bits per heavy atom. The first kappa shape index (κ1) is 15.5. The van der Waals surface area contributed by atoms with Crippen molar-refractivity contribution in [2.24, 2.45) is 0 Å². The number of nitrogens with one attached hydrogen (secondary N) is 1. The Balaban J connectivity index is 1.89. The minimum absolute atomic E-state index is 0.175. The second kappa shape index (κ2) is 7.20. The molecule has 0 saturated carbocycles. The molecule has 5 heteroatoms. The summed E-state index contributed by atoms with van der Waals surface area (Å²) in [5.41, 5.74) is 1.14. The van der Waals surface area contributed by atoms with Crippen LogP contribution < -0.4 is 5.32 Å². The molecular formula is C15H22BrN3O. The van der Waals surface area contributed by atoms with E-state index in [4.69, 9.17) is 0 Å². The third-order valence-corrected chi connectivity index (χ3v) is 4.59. The molecule has 1 fully saturated rings. The summed E-state index contributed by atoms with van der Waals surface area (Å²) in [5.74, 6) is 0.175. The number of amides is 1. The Kier molecular flexibility index (Phi) is 5.57. The molecule has 20 heavy (non-hydrogen) atoms. The fourth-order valence-electron chi connectivity index (χ4n) is 2.30. The predicted octanol–water partition coefficient (Wildman–Crippen LogP) is 1.70. The molecule has 4 nitrogen and oxygen atoms in total. The number of hydrogen-bond donors (Lipinski definition) is 1. The molecule has 1 amide bonds. The number of carbonyl (C=O) groups is 1. The van der Waals surface area contributed by atoms with Crippen molar-refractivity contribution in [3.8, 4) is 0 Å². The van der Waals surface area contributed by atoms with Gasteiger partial charge >= 0.3 is 0 Å². The van der Waals surface area contributed by atoms with Gasteiger partial charge in [0.05, 0.1) is 6.54 Å². The fraction of sp³-hybridized carbons (Fsp3) is 0.533. The van der Waals surface area contributed by atoms with Crippen molar-refractivity contribution in [1.82, 2.24) is 15.1 Å². The van der Waals surface area contributed by atoms with Crippen LogP contribution in [-0.4, -0.2) is 55.0 Å². The lowest BCUT2D eigenvalue weighted by atomic mass is 10.1. The van der Waals surface area contributed by atoms with E-state index in [2.05, 4.69) is 33.1 Å². The summed E-state index contributed by atoms with van der Waals surface area (Å²) in [6.07, 6.45) is 0. The first-order valence-electron chi connectivity index (χ1n) is 7.04. The maximum Gasteiger partial charge on any atom is 0.236 e. The minimum atomic E-state index is 0.175. The first-order valence-corrected chi connectivity index (χ1v) is 7.83. The van der Waals surface area contributed by atoms with Crippen LogP contribution >= 0.6 is 15.9 Å². The number of hydrogen-bond acceptors (Lipinski definition) is 3. The summed E-state index contributed by atoms with van der Waals surface area (Å²) in [6.45, 7) is 6.16. The predicted molar refractivity (Wildman–Crippen MR) is 84.5 cm³/mol. The van der Waals surface area contributed by atoms with Gasteiger partial charge in [-0.05, 0) is 18.2 Å². The summed E-state index contributed by atoms with van der Waals surface area (Å²) in [4.78, 5) is 16.4. The molecule has 0 unspecified atom stereocenters. The summed E-state index contributed by atoms with van der Waals surface area (Å²) in [5, 5.41) is 3.25. The topological polar surface area (TPSA) is 35.6 Å². The minimum Gasteiger partial charge on any atom is -0.340 e. The van der Waals surface area contributed by atoms with Crippen LogP contribution in [0.2, 0.25) is 0 Å². The van der Waals surface area contributed by atoms with Crippen LogP contribution in [0.5, 0.6) is 0 Å². The number of carbonyl (C=O) groups excluding carboxylic acids is 1. The molecule has 110 valence electrons. The monoisotopic (exact) mass is 339 g/mol. The fourth-order valence-corrected chi connectivity index (χ4v) is 2.71. The molecule has 1 N–H and O–H groups in total. The summed E-state index contributed by atoms with van der Waals surface area (Å²) < 4.78 is 1.05. The number of rotatable bonds is 6. The Bertz CT molecular complexity index is 462. The Labute approximate surface area is 129 Å². The zero-order chi connectivity index (χ0) is 14.5. The SMILES string of the molecule is CCN(CC(=O)N(C)Cc1ccccc1Br)C1CNC1. The van der Waals surface area contributed by atoms with Crippen molar-refractivity contribution in [2.75, 3.05) is 33.2 Å². The summed E-state index contributed by atoms with van der Waals surface area (Å²) in [6, 6.07) is 8.54. The third-order valence-electron chi connectivity index (χ3n) is 3.81. The molecule has 2 rings (SSSR count). The average molecular weight is 340 g/mol. The highest BCUT2D eigenvalue weighted by molar-refractivity contribution is 9.10. The van der Waals surface area contributed by atoms with E-state index in [1.807, 2.05) is 31.3 Å². The maximum atomic E-state index is 12.3. The van der Waals surface area contributed by atoms with E-state index < -0.39 is 0 Å². The third kappa shape index (κ3) is 3.81. The first-order chi connectivity index (χ1) is 9.61. The summed E-state index contributed by atoms with van der Waals surface area (Å²) in [7, 11) is 1.87. The van der Waals surface area contributed by atoms with Crippen LogP contribution in [-0.2, 0) is 11.3 Å². The van der Waals surface area contributed by atoms with Crippen LogP contribution in [0.4, 0.5) is 0 Å². The molecule has 0 atom stereocenters. The van der Waals surface area contributed by atoms with E-state index >= 15 is 0 Å². The Hall–Kier alpha value is -0.910. The molecular weight excluding hydrogens is 318 g/mol. The quantitative estimate of drug-likeness (QED) is 0.856. The van der Waals surface area contributed by atoms with Gasteiger partial charge in [0.25, 0.3) is 0 Å². The number of nitrogens with zero attached hydrogens (tertiary/aromatic N) is 2. The van der Waals surface area contributed by atoms with Crippen LogP contribution in [0.3, 0.4) is 0 Å². The van der Waals surface area contributed by atoms with Gasteiger partial charge < -0.3 is 10.2 Å². The van der Waals surface area contributed by atoms with Gasteiger partial charge in [-0.2, -0.15) is 0 Å². The number of halogens is 1. The smallest absolute Gasteiger partial charge is 0.236 e. The lowest BCUT2D eigenvalue weighted by molar-refractivity contribution is -0.132. The molecule has 1 heterocycles. The average Bonchev–Trinajstić information content (AvgIpc) is 2.38. The zero-order valence-corrected chi connectivity index (χ0v) is 13.7. The Morgan fingerprint density at radius 2 is 2.10 bits per heavy atom. The van der Waals surface area contributed by atoms with Gasteiger partial charge in [-0.25, -0.2) is 0 Å². The van der Waals surface area contributed by atoms with Crippen molar-refractivity contribution >= 4 is 21.8 Å². The number of benzene rings is 1. The van der Waals surface area contributed by atoms with E-state index in [9.17, 15) is 4.79 Å². The standard InChI is InChI=1S/C15H22BrN3O/c1-3-19(13-8-17-9-13)11-15(20)18(2)10-12-6-4-5-7-14(12)16/h4-7,13,17H,3,8-11H2,1-2H3. The van der Waals surface area contributed by atoms with Crippen LogP contribution in [0.15, 0.2) is 28.7 Å². The second-order valence-corrected chi connectivity index (χ2v) is 6.07. The molecule has 0 spiro atoms.